The average molecular weight is 333 g/mol. The molecule has 124 valence electrons. The Morgan fingerprint density at radius 3 is 2.30 bits per heavy atom. The Morgan fingerprint density at radius 1 is 1.04 bits per heavy atom. The second kappa shape index (κ2) is 9.33. The fraction of sp³-hybridized carbons (Fsp3) is 0.316. The molecule has 0 heterocycles. The lowest BCUT2D eigenvalue weighted by Crippen LogP contribution is -2.46. The summed E-state index contributed by atoms with van der Waals surface area (Å²) in [5.74, 6) is -0.0927. The van der Waals surface area contributed by atoms with Crippen LogP contribution in [0.3, 0.4) is 0 Å². The monoisotopic (exact) mass is 332 g/mol. The fourth-order valence-electron chi connectivity index (χ4n) is 2.53. The summed E-state index contributed by atoms with van der Waals surface area (Å²) in [6.45, 7) is 4.10. The van der Waals surface area contributed by atoms with E-state index in [0.29, 0.717) is 6.42 Å². The summed E-state index contributed by atoms with van der Waals surface area (Å²) in [4.78, 5) is 12.2. The second-order valence-corrected chi connectivity index (χ2v) is 5.84. The predicted molar refractivity (Wildman–Crippen MR) is 97.9 cm³/mol. The molecule has 2 atom stereocenters. The molecule has 0 saturated heterocycles. The van der Waals surface area contributed by atoms with Gasteiger partial charge in [-0.3, -0.25) is 4.79 Å². The minimum Gasteiger partial charge on any atom is -0.352 e. The van der Waals surface area contributed by atoms with E-state index in [2.05, 4.69) is 24.4 Å². The Labute approximate surface area is 144 Å². The number of amides is 1. The van der Waals surface area contributed by atoms with Crippen LogP contribution in [0.5, 0.6) is 0 Å². The Hall–Kier alpha value is -1.84. The Kier molecular flexibility index (Phi) is 7.79. The highest BCUT2D eigenvalue weighted by Gasteiger charge is 2.16. The first-order valence-corrected chi connectivity index (χ1v) is 7.70. The third-order valence-corrected chi connectivity index (χ3v) is 3.81. The van der Waals surface area contributed by atoms with Gasteiger partial charge in [-0.25, -0.2) is 0 Å². The molecule has 23 heavy (non-hydrogen) atoms. The molecular formula is C19H25ClN2O. The summed E-state index contributed by atoms with van der Waals surface area (Å²) < 4.78 is 0. The Balaban J connectivity index is 0.00000264. The molecule has 3 N–H and O–H groups in total. The maximum Gasteiger partial charge on any atom is 0.237 e. The van der Waals surface area contributed by atoms with Gasteiger partial charge in [0.05, 0.1) is 6.04 Å². The number of hydrogen-bond acceptors (Lipinski definition) is 2. The van der Waals surface area contributed by atoms with Gasteiger partial charge in [0, 0.05) is 6.04 Å². The molecule has 1 unspecified atom stereocenters. The summed E-state index contributed by atoms with van der Waals surface area (Å²) in [7, 11) is 0. The molecule has 3 nitrogen and oxygen atoms in total. The molecule has 1 amide bonds. The van der Waals surface area contributed by atoms with Gasteiger partial charge >= 0.3 is 0 Å². The molecule has 2 aromatic carbocycles. The summed E-state index contributed by atoms with van der Waals surface area (Å²) in [5, 5.41) is 3.01. The van der Waals surface area contributed by atoms with Crippen molar-refractivity contribution in [2.24, 2.45) is 5.73 Å². The topological polar surface area (TPSA) is 55.1 Å². The van der Waals surface area contributed by atoms with Crippen molar-refractivity contribution in [3.63, 3.8) is 0 Å². The number of nitrogens with two attached hydrogens (primary N) is 1. The van der Waals surface area contributed by atoms with Crippen LogP contribution in [0.1, 0.15) is 23.6 Å². The average Bonchev–Trinajstić information content (AvgIpc) is 2.50. The van der Waals surface area contributed by atoms with Gasteiger partial charge in [-0.05, 0) is 43.4 Å². The fourth-order valence-corrected chi connectivity index (χ4v) is 2.53. The maximum atomic E-state index is 12.2. The van der Waals surface area contributed by atoms with Crippen molar-refractivity contribution in [1.29, 1.82) is 0 Å². The highest BCUT2D eigenvalue weighted by Crippen LogP contribution is 2.10. The molecule has 0 aromatic heterocycles. The number of aryl methyl sites for hydroxylation is 1. The quantitative estimate of drug-likeness (QED) is 0.854. The maximum absolute atomic E-state index is 12.2. The lowest BCUT2D eigenvalue weighted by molar-refractivity contribution is -0.122. The van der Waals surface area contributed by atoms with Gasteiger partial charge in [0.15, 0.2) is 0 Å². The third kappa shape index (κ3) is 6.05. The van der Waals surface area contributed by atoms with Crippen molar-refractivity contribution in [2.45, 2.75) is 38.8 Å². The Morgan fingerprint density at radius 2 is 1.65 bits per heavy atom. The lowest BCUT2D eigenvalue weighted by atomic mass is 10.0. The normalized spacial score (nSPS) is 12.8. The highest BCUT2D eigenvalue weighted by molar-refractivity contribution is 5.85. The van der Waals surface area contributed by atoms with E-state index in [1.54, 1.807) is 0 Å². The lowest BCUT2D eigenvalue weighted by Gasteiger charge is -2.18. The van der Waals surface area contributed by atoms with Crippen LogP contribution < -0.4 is 11.1 Å². The number of hydrogen-bond donors (Lipinski definition) is 2. The second-order valence-electron chi connectivity index (χ2n) is 5.84. The van der Waals surface area contributed by atoms with Gasteiger partial charge < -0.3 is 11.1 Å². The SMILES string of the molecule is Cc1ccccc1CC(C)NC(=O)[C@@H](N)Cc1ccccc1.Cl. The molecule has 0 aliphatic rings. The molecule has 0 radical (unpaired) electrons. The van der Waals surface area contributed by atoms with E-state index in [1.165, 1.54) is 11.1 Å². The molecule has 0 fully saturated rings. The van der Waals surface area contributed by atoms with Crippen molar-refractivity contribution < 1.29 is 4.79 Å². The van der Waals surface area contributed by atoms with Crippen LogP contribution >= 0.6 is 12.4 Å². The smallest absolute Gasteiger partial charge is 0.237 e. The minimum absolute atomic E-state index is 0. The van der Waals surface area contributed by atoms with Crippen LogP contribution in [0, 0.1) is 6.92 Å². The van der Waals surface area contributed by atoms with Gasteiger partial charge in [0.2, 0.25) is 5.91 Å². The van der Waals surface area contributed by atoms with Crippen molar-refractivity contribution in [3.05, 3.63) is 71.3 Å². The van der Waals surface area contributed by atoms with Crippen LogP contribution in [0.25, 0.3) is 0 Å². The molecule has 0 bridgehead atoms. The highest BCUT2D eigenvalue weighted by atomic mass is 35.5. The third-order valence-electron chi connectivity index (χ3n) is 3.81. The van der Waals surface area contributed by atoms with E-state index >= 15 is 0 Å². The first-order valence-electron chi connectivity index (χ1n) is 7.70. The summed E-state index contributed by atoms with van der Waals surface area (Å²) in [5.41, 5.74) is 9.59. The number of carbonyl (C=O) groups excluding carboxylic acids is 1. The molecular weight excluding hydrogens is 308 g/mol. The van der Waals surface area contributed by atoms with Crippen molar-refractivity contribution in [3.8, 4) is 0 Å². The van der Waals surface area contributed by atoms with E-state index in [-0.39, 0.29) is 24.4 Å². The van der Waals surface area contributed by atoms with Gasteiger partial charge in [0.25, 0.3) is 0 Å². The molecule has 2 aromatic rings. The zero-order chi connectivity index (χ0) is 15.9. The van der Waals surface area contributed by atoms with Crippen molar-refractivity contribution >= 4 is 18.3 Å². The zero-order valence-corrected chi connectivity index (χ0v) is 14.5. The first kappa shape index (κ1) is 19.2. The molecule has 2 rings (SSSR count). The number of rotatable bonds is 6. The van der Waals surface area contributed by atoms with Gasteiger partial charge in [-0.15, -0.1) is 12.4 Å². The van der Waals surface area contributed by atoms with Crippen LogP contribution in [0.4, 0.5) is 0 Å². The van der Waals surface area contributed by atoms with E-state index < -0.39 is 6.04 Å². The number of benzene rings is 2. The largest absolute Gasteiger partial charge is 0.352 e. The zero-order valence-electron chi connectivity index (χ0n) is 13.7. The number of halogens is 1. The molecule has 4 heteroatoms. The van der Waals surface area contributed by atoms with E-state index in [0.717, 1.165) is 12.0 Å². The van der Waals surface area contributed by atoms with Crippen molar-refractivity contribution in [1.82, 2.24) is 5.32 Å². The van der Waals surface area contributed by atoms with Crippen LogP contribution in [0.15, 0.2) is 54.6 Å². The van der Waals surface area contributed by atoms with Crippen molar-refractivity contribution in [2.75, 3.05) is 0 Å². The summed E-state index contributed by atoms with van der Waals surface area (Å²) in [6, 6.07) is 17.6. The standard InChI is InChI=1S/C19H24N2O.ClH/c1-14-8-6-7-11-17(14)12-15(2)21-19(22)18(20)13-16-9-4-3-5-10-16;/h3-11,15,18H,12-13,20H2,1-2H3,(H,21,22);1H/t15?,18-;/m0./s1. The van der Waals surface area contributed by atoms with Crippen LogP contribution in [-0.2, 0) is 17.6 Å². The number of nitrogens with one attached hydrogen (secondary N) is 1. The minimum atomic E-state index is -0.512. The van der Waals surface area contributed by atoms with E-state index in [4.69, 9.17) is 5.73 Å². The predicted octanol–water partition coefficient (Wildman–Crippen LogP) is 3.03. The van der Waals surface area contributed by atoms with Gasteiger partial charge in [0.1, 0.15) is 0 Å². The molecule has 0 aliphatic heterocycles. The first-order chi connectivity index (χ1) is 10.6. The van der Waals surface area contributed by atoms with E-state index in [1.807, 2.05) is 49.4 Å². The van der Waals surface area contributed by atoms with E-state index in [9.17, 15) is 4.79 Å². The molecule has 0 saturated carbocycles. The molecule has 0 aliphatic carbocycles. The summed E-state index contributed by atoms with van der Waals surface area (Å²) >= 11 is 0. The van der Waals surface area contributed by atoms with Gasteiger partial charge in [-0.1, -0.05) is 54.6 Å². The Bertz CT molecular complexity index is 616. The van der Waals surface area contributed by atoms with Crippen LogP contribution in [0.2, 0.25) is 0 Å². The van der Waals surface area contributed by atoms with Gasteiger partial charge in [-0.2, -0.15) is 0 Å². The summed E-state index contributed by atoms with van der Waals surface area (Å²) in [6.07, 6.45) is 1.38. The van der Waals surface area contributed by atoms with Crippen LogP contribution in [-0.4, -0.2) is 18.0 Å². The number of carbonyl (C=O) groups is 1. The molecule has 0 spiro atoms.